The van der Waals surface area contributed by atoms with Crippen molar-refractivity contribution in [3.8, 4) is 0 Å². The van der Waals surface area contributed by atoms with Gasteiger partial charge in [-0.25, -0.2) is 4.79 Å². The van der Waals surface area contributed by atoms with Gasteiger partial charge in [-0.15, -0.1) is 0 Å². The van der Waals surface area contributed by atoms with Gasteiger partial charge in [0.1, 0.15) is 0 Å². The molecule has 19 heavy (non-hydrogen) atoms. The van der Waals surface area contributed by atoms with Crippen LogP contribution in [-0.4, -0.2) is 55.9 Å². The second-order valence-electron chi connectivity index (χ2n) is 6.15. The Kier molecular flexibility index (Phi) is 4.23. The van der Waals surface area contributed by atoms with Crippen molar-refractivity contribution < 1.29 is 9.53 Å². The van der Waals surface area contributed by atoms with E-state index in [1.807, 2.05) is 4.90 Å². The lowest BCUT2D eigenvalue weighted by Crippen LogP contribution is -2.49. The molecule has 108 valence electrons. The Bertz CT molecular complexity index is 308. The highest BCUT2D eigenvalue weighted by molar-refractivity contribution is 5.74. The normalized spacial score (nSPS) is 30.5. The lowest BCUT2D eigenvalue weighted by molar-refractivity contribution is 0.173. The molecule has 3 fully saturated rings. The summed E-state index contributed by atoms with van der Waals surface area (Å²) in [7, 11) is 0. The lowest BCUT2D eigenvalue weighted by Gasteiger charge is -2.27. The van der Waals surface area contributed by atoms with Crippen LogP contribution in [0.25, 0.3) is 0 Å². The van der Waals surface area contributed by atoms with E-state index in [0.29, 0.717) is 12.6 Å². The topological polar surface area (TPSA) is 53.6 Å². The predicted molar refractivity (Wildman–Crippen MR) is 73.1 cm³/mol. The largest absolute Gasteiger partial charge is 0.379 e. The fourth-order valence-electron chi connectivity index (χ4n) is 2.95. The number of nitrogens with zero attached hydrogens (tertiary/aromatic N) is 1. The molecule has 0 aromatic rings. The molecule has 1 aliphatic carbocycles. The number of urea groups is 1. The SMILES string of the molecule is O=C(NC1CCOC1)N(CC1CC1)CC1CCCN1. The third-order valence-electron chi connectivity index (χ3n) is 4.32. The van der Waals surface area contributed by atoms with Gasteiger partial charge in [-0.3, -0.25) is 0 Å². The standard InChI is InChI=1S/C14H25N3O2/c18-14(16-13-5-7-19-10-13)17(8-11-3-4-11)9-12-2-1-6-15-12/h11-13,15H,1-10H2,(H,16,18). The zero-order valence-electron chi connectivity index (χ0n) is 11.6. The maximum Gasteiger partial charge on any atom is 0.317 e. The van der Waals surface area contributed by atoms with Crippen LogP contribution in [0.2, 0.25) is 0 Å². The van der Waals surface area contributed by atoms with Gasteiger partial charge in [0.15, 0.2) is 0 Å². The van der Waals surface area contributed by atoms with Crippen LogP contribution in [0.5, 0.6) is 0 Å². The van der Waals surface area contributed by atoms with E-state index >= 15 is 0 Å². The van der Waals surface area contributed by atoms with Crippen molar-refractivity contribution in [2.75, 3.05) is 32.8 Å². The summed E-state index contributed by atoms with van der Waals surface area (Å²) in [4.78, 5) is 14.4. The molecular formula is C14H25N3O2. The number of hydrogen-bond donors (Lipinski definition) is 2. The van der Waals surface area contributed by atoms with Crippen LogP contribution in [0, 0.1) is 5.92 Å². The molecule has 3 rings (SSSR count). The van der Waals surface area contributed by atoms with Crippen molar-refractivity contribution >= 4 is 6.03 Å². The molecule has 0 aromatic carbocycles. The van der Waals surface area contributed by atoms with E-state index in [2.05, 4.69) is 10.6 Å². The Morgan fingerprint density at radius 1 is 1.26 bits per heavy atom. The first-order valence-electron chi connectivity index (χ1n) is 7.68. The van der Waals surface area contributed by atoms with Crippen LogP contribution in [0.1, 0.15) is 32.1 Å². The molecule has 2 aliphatic heterocycles. The summed E-state index contributed by atoms with van der Waals surface area (Å²) >= 11 is 0. The van der Waals surface area contributed by atoms with Crippen molar-refractivity contribution in [1.29, 1.82) is 0 Å². The molecule has 0 radical (unpaired) electrons. The molecule has 2 N–H and O–H groups in total. The number of hydrogen-bond acceptors (Lipinski definition) is 3. The summed E-state index contributed by atoms with van der Waals surface area (Å²) in [6.07, 6.45) is 5.95. The molecule has 2 atom stereocenters. The first-order valence-corrected chi connectivity index (χ1v) is 7.68. The monoisotopic (exact) mass is 267 g/mol. The molecule has 0 bridgehead atoms. The van der Waals surface area contributed by atoms with Crippen LogP contribution in [0.3, 0.4) is 0 Å². The van der Waals surface area contributed by atoms with Gasteiger partial charge in [0.2, 0.25) is 0 Å². The van der Waals surface area contributed by atoms with Crippen molar-refractivity contribution in [2.45, 2.75) is 44.2 Å². The van der Waals surface area contributed by atoms with Crippen molar-refractivity contribution in [3.05, 3.63) is 0 Å². The highest BCUT2D eigenvalue weighted by Gasteiger charge is 2.30. The molecular weight excluding hydrogens is 242 g/mol. The minimum Gasteiger partial charge on any atom is -0.379 e. The van der Waals surface area contributed by atoms with E-state index < -0.39 is 0 Å². The van der Waals surface area contributed by atoms with E-state index in [9.17, 15) is 4.79 Å². The van der Waals surface area contributed by atoms with Gasteiger partial charge in [-0.05, 0) is 44.6 Å². The predicted octanol–water partition coefficient (Wildman–Crippen LogP) is 0.949. The molecule has 2 saturated heterocycles. The summed E-state index contributed by atoms with van der Waals surface area (Å²) in [5.41, 5.74) is 0. The Morgan fingerprint density at radius 2 is 2.16 bits per heavy atom. The van der Waals surface area contributed by atoms with Gasteiger partial charge in [-0.2, -0.15) is 0 Å². The van der Waals surface area contributed by atoms with E-state index in [0.717, 1.165) is 38.6 Å². The number of ether oxygens (including phenoxy) is 1. The highest BCUT2D eigenvalue weighted by Crippen LogP contribution is 2.30. The van der Waals surface area contributed by atoms with Crippen LogP contribution in [0.4, 0.5) is 4.79 Å². The number of carbonyl (C=O) groups is 1. The zero-order chi connectivity index (χ0) is 13.1. The zero-order valence-corrected chi connectivity index (χ0v) is 11.6. The Morgan fingerprint density at radius 3 is 2.79 bits per heavy atom. The summed E-state index contributed by atoms with van der Waals surface area (Å²) in [6.45, 7) is 4.33. The summed E-state index contributed by atoms with van der Waals surface area (Å²) in [6, 6.07) is 0.811. The summed E-state index contributed by atoms with van der Waals surface area (Å²) in [5, 5.41) is 6.60. The van der Waals surface area contributed by atoms with Gasteiger partial charge in [0.25, 0.3) is 0 Å². The number of carbonyl (C=O) groups excluding carboxylic acids is 1. The molecule has 1 saturated carbocycles. The molecule has 5 heteroatoms. The smallest absolute Gasteiger partial charge is 0.317 e. The molecule has 2 amide bonds. The maximum atomic E-state index is 12.4. The Balaban J connectivity index is 1.51. The number of nitrogens with one attached hydrogen (secondary N) is 2. The van der Waals surface area contributed by atoms with Crippen LogP contribution >= 0.6 is 0 Å². The van der Waals surface area contributed by atoms with Gasteiger partial charge < -0.3 is 20.3 Å². The minimum absolute atomic E-state index is 0.107. The second-order valence-corrected chi connectivity index (χ2v) is 6.15. The van der Waals surface area contributed by atoms with Crippen LogP contribution in [-0.2, 0) is 4.74 Å². The fourth-order valence-corrected chi connectivity index (χ4v) is 2.95. The van der Waals surface area contributed by atoms with Gasteiger partial charge in [-0.1, -0.05) is 0 Å². The minimum atomic E-state index is 0.107. The maximum absolute atomic E-state index is 12.4. The first-order chi connectivity index (χ1) is 9.31. The molecule has 0 aromatic heterocycles. The fraction of sp³-hybridized carbons (Fsp3) is 0.929. The Labute approximate surface area is 115 Å². The Hall–Kier alpha value is -0.810. The molecule has 3 aliphatic rings. The van der Waals surface area contributed by atoms with Gasteiger partial charge >= 0.3 is 6.03 Å². The van der Waals surface area contributed by atoms with Crippen LogP contribution in [0.15, 0.2) is 0 Å². The van der Waals surface area contributed by atoms with E-state index in [4.69, 9.17) is 4.74 Å². The third kappa shape index (κ3) is 3.83. The van der Waals surface area contributed by atoms with E-state index in [1.165, 1.54) is 25.7 Å². The third-order valence-corrected chi connectivity index (χ3v) is 4.32. The van der Waals surface area contributed by atoms with Gasteiger partial charge in [0, 0.05) is 25.7 Å². The summed E-state index contributed by atoms with van der Waals surface area (Å²) < 4.78 is 5.32. The average Bonchev–Trinajstić information content (AvgIpc) is 2.88. The van der Waals surface area contributed by atoms with E-state index in [1.54, 1.807) is 0 Å². The highest BCUT2D eigenvalue weighted by atomic mass is 16.5. The number of rotatable bonds is 5. The molecule has 2 heterocycles. The lowest BCUT2D eigenvalue weighted by atomic mass is 10.2. The molecule has 0 spiro atoms. The second kappa shape index (κ2) is 6.09. The van der Waals surface area contributed by atoms with Crippen LogP contribution < -0.4 is 10.6 Å². The van der Waals surface area contributed by atoms with E-state index in [-0.39, 0.29) is 12.1 Å². The molecule has 5 nitrogen and oxygen atoms in total. The number of amides is 2. The summed E-state index contributed by atoms with van der Waals surface area (Å²) in [5.74, 6) is 0.743. The quantitative estimate of drug-likeness (QED) is 0.780. The van der Waals surface area contributed by atoms with Crippen molar-refractivity contribution in [1.82, 2.24) is 15.5 Å². The average molecular weight is 267 g/mol. The first kappa shape index (κ1) is 13.2. The van der Waals surface area contributed by atoms with Crippen molar-refractivity contribution in [3.63, 3.8) is 0 Å². The molecule has 2 unspecified atom stereocenters. The van der Waals surface area contributed by atoms with Gasteiger partial charge in [0.05, 0.1) is 12.6 Å². The van der Waals surface area contributed by atoms with Crippen molar-refractivity contribution in [2.24, 2.45) is 5.92 Å².